The first kappa shape index (κ1) is 26.4. The van der Waals surface area contributed by atoms with E-state index in [1.165, 1.54) is 16.5 Å². The van der Waals surface area contributed by atoms with Gasteiger partial charge in [0.1, 0.15) is 6.54 Å². The van der Waals surface area contributed by atoms with Crippen molar-refractivity contribution in [1.82, 2.24) is 14.8 Å². The van der Waals surface area contributed by atoms with Gasteiger partial charge in [-0.25, -0.2) is 0 Å². The number of fused-ring (bicyclic) bond motifs is 2. The Bertz CT molecular complexity index is 1460. The SMILES string of the molecule is Cc1ccc(CN(CCc2c[nH]c3ccccc23)C(=O)CN(CC(C)C)C(=O)c2ccc3c(c2)OCO3)cc1. The van der Waals surface area contributed by atoms with Crippen molar-refractivity contribution in [2.45, 2.75) is 33.7 Å². The summed E-state index contributed by atoms with van der Waals surface area (Å²) >= 11 is 0. The fourth-order valence-corrected chi connectivity index (χ4v) is 4.94. The number of amides is 2. The number of rotatable bonds is 10. The van der Waals surface area contributed by atoms with Crippen molar-refractivity contribution in [3.63, 3.8) is 0 Å². The third-order valence-electron chi connectivity index (χ3n) is 6.99. The highest BCUT2D eigenvalue weighted by atomic mass is 16.7. The van der Waals surface area contributed by atoms with E-state index < -0.39 is 0 Å². The van der Waals surface area contributed by atoms with Gasteiger partial charge >= 0.3 is 0 Å². The van der Waals surface area contributed by atoms with Crippen LogP contribution in [0.2, 0.25) is 0 Å². The van der Waals surface area contributed by atoms with Gasteiger partial charge in [-0.2, -0.15) is 0 Å². The van der Waals surface area contributed by atoms with Gasteiger partial charge in [-0.05, 0) is 54.7 Å². The van der Waals surface area contributed by atoms with Crippen LogP contribution in [-0.4, -0.2) is 53.0 Å². The highest BCUT2D eigenvalue weighted by Gasteiger charge is 2.25. The predicted octanol–water partition coefficient (Wildman–Crippen LogP) is 5.57. The molecule has 0 bridgehead atoms. The average molecular weight is 526 g/mol. The summed E-state index contributed by atoms with van der Waals surface area (Å²) in [4.78, 5) is 34.3. The first-order valence-electron chi connectivity index (χ1n) is 13.4. The number of hydrogen-bond donors (Lipinski definition) is 1. The second-order valence-electron chi connectivity index (χ2n) is 10.6. The molecular formula is C32H35N3O4. The summed E-state index contributed by atoms with van der Waals surface area (Å²) in [7, 11) is 0. The first-order chi connectivity index (χ1) is 18.9. The van der Waals surface area contributed by atoms with Crippen LogP contribution in [0.5, 0.6) is 11.5 Å². The van der Waals surface area contributed by atoms with Gasteiger partial charge in [-0.15, -0.1) is 0 Å². The van der Waals surface area contributed by atoms with Crippen LogP contribution in [0.25, 0.3) is 10.9 Å². The van der Waals surface area contributed by atoms with Crippen molar-refractivity contribution in [2.75, 3.05) is 26.4 Å². The fourth-order valence-electron chi connectivity index (χ4n) is 4.94. The second-order valence-corrected chi connectivity index (χ2v) is 10.6. The fraction of sp³-hybridized carbons (Fsp3) is 0.312. The number of carbonyl (C=O) groups is 2. The Labute approximate surface area is 229 Å². The lowest BCUT2D eigenvalue weighted by Gasteiger charge is -2.29. The molecule has 0 radical (unpaired) electrons. The highest BCUT2D eigenvalue weighted by Crippen LogP contribution is 2.33. The third kappa shape index (κ3) is 6.25. The van der Waals surface area contributed by atoms with E-state index in [0.29, 0.717) is 43.1 Å². The molecule has 0 saturated carbocycles. The number of benzene rings is 3. The summed E-state index contributed by atoms with van der Waals surface area (Å²) < 4.78 is 10.9. The summed E-state index contributed by atoms with van der Waals surface area (Å²) in [5, 5.41) is 1.17. The zero-order chi connectivity index (χ0) is 27.4. The molecule has 202 valence electrons. The molecule has 1 aromatic heterocycles. The Morgan fingerprint density at radius 2 is 1.72 bits per heavy atom. The lowest BCUT2D eigenvalue weighted by molar-refractivity contribution is -0.132. The normalized spacial score (nSPS) is 12.2. The van der Waals surface area contributed by atoms with Crippen LogP contribution in [0.3, 0.4) is 0 Å². The van der Waals surface area contributed by atoms with Crippen molar-refractivity contribution < 1.29 is 19.1 Å². The van der Waals surface area contributed by atoms with Crippen LogP contribution in [-0.2, 0) is 17.8 Å². The standard InChI is InChI=1S/C32H35N3O4/c1-22(2)18-35(32(37)25-12-13-29-30(16-25)39-21-38-29)20-31(36)34(19-24-10-8-23(3)9-11-24)15-14-26-17-33-28-7-5-4-6-27(26)28/h4-13,16-17,22,33H,14-15,18-21H2,1-3H3. The Kier molecular flexibility index (Phi) is 7.87. The van der Waals surface area contributed by atoms with E-state index in [-0.39, 0.29) is 31.1 Å². The topological polar surface area (TPSA) is 74.9 Å². The van der Waals surface area contributed by atoms with Gasteiger partial charge < -0.3 is 24.3 Å². The Morgan fingerprint density at radius 1 is 0.949 bits per heavy atom. The second kappa shape index (κ2) is 11.6. The molecule has 2 heterocycles. The lowest BCUT2D eigenvalue weighted by atomic mass is 10.1. The number of H-pyrrole nitrogens is 1. The molecule has 0 aliphatic carbocycles. The number of ether oxygens (including phenoxy) is 2. The van der Waals surface area contributed by atoms with E-state index in [1.54, 1.807) is 23.1 Å². The molecule has 4 aromatic rings. The number of hydrogen-bond acceptors (Lipinski definition) is 4. The van der Waals surface area contributed by atoms with E-state index in [0.717, 1.165) is 11.1 Å². The van der Waals surface area contributed by atoms with E-state index >= 15 is 0 Å². The van der Waals surface area contributed by atoms with Crippen LogP contribution in [0.4, 0.5) is 0 Å². The van der Waals surface area contributed by atoms with Crippen molar-refractivity contribution in [2.24, 2.45) is 5.92 Å². The van der Waals surface area contributed by atoms with Gasteiger partial charge in [-0.3, -0.25) is 9.59 Å². The molecule has 0 spiro atoms. The minimum atomic E-state index is -0.192. The van der Waals surface area contributed by atoms with Gasteiger partial charge in [-0.1, -0.05) is 61.9 Å². The Morgan fingerprint density at radius 3 is 2.51 bits per heavy atom. The molecule has 0 fully saturated rings. The van der Waals surface area contributed by atoms with Gasteiger partial charge in [0.15, 0.2) is 11.5 Å². The zero-order valence-corrected chi connectivity index (χ0v) is 22.8. The predicted molar refractivity (Wildman–Crippen MR) is 152 cm³/mol. The lowest BCUT2D eigenvalue weighted by Crippen LogP contribution is -2.44. The summed E-state index contributed by atoms with van der Waals surface area (Å²) in [5.74, 6) is 1.11. The summed E-state index contributed by atoms with van der Waals surface area (Å²) in [5.41, 5.74) is 4.97. The molecule has 0 unspecified atom stereocenters. The largest absolute Gasteiger partial charge is 0.454 e. The number of aromatic amines is 1. The van der Waals surface area contributed by atoms with Crippen molar-refractivity contribution in [3.05, 3.63) is 95.2 Å². The maximum Gasteiger partial charge on any atom is 0.254 e. The summed E-state index contributed by atoms with van der Waals surface area (Å²) in [6.45, 7) is 7.79. The summed E-state index contributed by atoms with van der Waals surface area (Å²) in [6, 6.07) is 21.6. The van der Waals surface area contributed by atoms with E-state index in [4.69, 9.17) is 9.47 Å². The average Bonchev–Trinajstić information content (AvgIpc) is 3.57. The van der Waals surface area contributed by atoms with Crippen molar-refractivity contribution in [1.29, 1.82) is 0 Å². The maximum absolute atomic E-state index is 13.8. The number of nitrogens with one attached hydrogen (secondary N) is 1. The highest BCUT2D eigenvalue weighted by molar-refractivity contribution is 5.97. The van der Waals surface area contributed by atoms with E-state index in [2.05, 4.69) is 48.3 Å². The number of para-hydroxylation sites is 1. The minimum absolute atomic E-state index is 0.00516. The number of carbonyl (C=O) groups excluding carboxylic acids is 2. The monoisotopic (exact) mass is 525 g/mol. The molecule has 1 aliphatic heterocycles. The molecule has 2 amide bonds. The van der Waals surface area contributed by atoms with Crippen LogP contribution in [0.15, 0.2) is 72.9 Å². The van der Waals surface area contributed by atoms with E-state index in [1.807, 2.05) is 37.1 Å². The molecule has 7 heteroatoms. The molecule has 3 aromatic carbocycles. The molecule has 39 heavy (non-hydrogen) atoms. The molecule has 0 saturated heterocycles. The van der Waals surface area contributed by atoms with Crippen LogP contribution >= 0.6 is 0 Å². The third-order valence-corrected chi connectivity index (χ3v) is 6.99. The van der Waals surface area contributed by atoms with Gasteiger partial charge in [0.25, 0.3) is 5.91 Å². The number of aromatic nitrogens is 1. The molecule has 0 atom stereocenters. The maximum atomic E-state index is 13.8. The molecular weight excluding hydrogens is 490 g/mol. The summed E-state index contributed by atoms with van der Waals surface area (Å²) in [6.07, 6.45) is 2.73. The first-order valence-corrected chi connectivity index (χ1v) is 13.4. The molecule has 7 nitrogen and oxygen atoms in total. The van der Waals surface area contributed by atoms with Crippen LogP contribution in [0.1, 0.15) is 40.9 Å². The van der Waals surface area contributed by atoms with Gasteiger partial charge in [0, 0.05) is 42.3 Å². The van der Waals surface area contributed by atoms with E-state index in [9.17, 15) is 9.59 Å². The molecule has 1 aliphatic rings. The molecule has 1 N–H and O–H groups in total. The molecule has 5 rings (SSSR count). The van der Waals surface area contributed by atoms with Crippen LogP contribution in [0, 0.1) is 12.8 Å². The Hall–Kier alpha value is -4.26. The quantitative estimate of drug-likeness (QED) is 0.294. The minimum Gasteiger partial charge on any atom is -0.454 e. The Balaban J connectivity index is 1.36. The number of nitrogens with zero attached hydrogens (tertiary/aromatic N) is 2. The number of aryl methyl sites for hydroxylation is 1. The smallest absolute Gasteiger partial charge is 0.254 e. The van der Waals surface area contributed by atoms with Gasteiger partial charge in [0.05, 0.1) is 0 Å². The zero-order valence-electron chi connectivity index (χ0n) is 22.8. The van der Waals surface area contributed by atoms with Crippen molar-refractivity contribution in [3.8, 4) is 11.5 Å². The van der Waals surface area contributed by atoms with Crippen LogP contribution < -0.4 is 9.47 Å². The van der Waals surface area contributed by atoms with Gasteiger partial charge in [0.2, 0.25) is 12.7 Å². The van der Waals surface area contributed by atoms with Crippen molar-refractivity contribution >= 4 is 22.7 Å².